The highest BCUT2D eigenvalue weighted by Crippen LogP contribution is 2.30. The molecule has 1 atom stereocenters. The van der Waals surface area contributed by atoms with Gasteiger partial charge in [-0.3, -0.25) is 0 Å². The zero-order chi connectivity index (χ0) is 16.8. The van der Waals surface area contributed by atoms with Crippen molar-refractivity contribution >= 4 is 5.69 Å². The van der Waals surface area contributed by atoms with Gasteiger partial charge in [0.1, 0.15) is 11.5 Å². The summed E-state index contributed by atoms with van der Waals surface area (Å²) in [5.74, 6) is 1.89. The van der Waals surface area contributed by atoms with Crippen LogP contribution in [0, 0.1) is 0 Å². The minimum atomic E-state index is 0.258. The van der Waals surface area contributed by atoms with Gasteiger partial charge in [0.05, 0.1) is 14.2 Å². The molecule has 0 spiro atoms. The van der Waals surface area contributed by atoms with Crippen LogP contribution in [0.25, 0.3) is 0 Å². The Bertz CT molecular complexity index is 624. The van der Waals surface area contributed by atoms with Gasteiger partial charge in [-0.25, -0.2) is 0 Å². The zero-order valence-electron chi connectivity index (χ0n) is 14.4. The number of ether oxygens (including phenoxy) is 2. The fourth-order valence-corrected chi connectivity index (χ4v) is 2.67. The normalized spacial score (nSPS) is 11.9. The number of nitrogens with two attached hydrogens (primary N) is 1. The van der Waals surface area contributed by atoms with E-state index in [4.69, 9.17) is 15.2 Å². The molecule has 0 saturated heterocycles. The summed E-state index contributed by atoms with van der Waals surface area (Å²) in [6.07, 6.45) is 0.838. The van der Waals surface area contributed by atoms with E-state index in [-0.39, 0.29) is 5.92 Å². The summed E-state index contributed by atoms with van der Waals surface area (Å²) >= 11 is 0. The first-order chi connectivity index (χ1) is 11.1. The van der Waals surface area contributed by atoms with Crippen LogP contribution >= 0.6 is 0 Å². The van der Waals surface area contributed by atoms with Crippen molar-refractivity contribution in [3.05, 3.63) is 53.6 Å². The number of benzene rings is 2. The molecule has 2 N–H and O–H groups in total. The molecule has 0 aliphatic rings. The van der Waals surface area contributed by atoms with Gasteiger partial charge in [0.15, 0.2) is 0 Å². The third kappa shape index (κ3) is 4.17. The quantitative estimate of drug-likeness (QED) is 0.853. The van der Waals surface area contributed by atoms with E-state index >= 15 is 0 Å². The van der Waals surface area contributed by atoms with E-state index in [0.717, 1.165) is 23.5 Å². The highest BCUT2D eigenvalue weighted by atomic mass is 16.5. The Labute approximate surface area is 138 Å². The molecule has 0 radical (unpaired) electrons. The van der Waals surface area contributed by atoms with Crippen LogP contribution in [-0.4, -0.2) is 34.9 Å². The molecule has 124 valence electrons. The molecule has 2 aromatic carbocycles. The second-order valence-corrected chi connectivity index (χ2v) is 5.80. The maximum absolute atomic E-state index is 6.02. The molecule has 2 aromatic rings. The molecular formula is C19H26N2O2. The van der Waals surface area contributed by atoms with Crippen molar-refractivity contribution in [2.24, 2.45) is 5.73 Å². The van der Waals surface area contributed by atoms with E-state index in [1.165, 1.54) is 11.3 Å². The van der Waals surface area contributed by atoms with Crippen molar-refractivity contribution in [1.82, 2.24) is 0 Å². The van der Waals surface area contributed by atoms with Crippen LogP contribution in [0.4, 0.5) is 5.69 Å². The largest absolute Gasteiger partial charge is 0.497 e. The number of anilines is 1. The van der Waals surface area contributed by atoms with Crippen molar-refractivity contribution < 1.29 is 9.47 Å². The third-order valence-electron chi connectivity index (χ3n) is 4.13. The molecule has 0 heterocycles. The van der Waals surface area contributed by atoms with Crippen molar-refractivity contribution in [2.75, 3.05) is 39.8 Å². The first-order valence-corrected chi connectivity index (χ1v) is 7.77. The molecule has 0 aliphatic carbocycles. The second-order valence-electron chi connectivity index (χ2n) is 5.80. The molecule has 0 aromatic heterocycles. The van der Waals surface area contributed by atoms with Crippen LogP contribution in [0.15, 0.2) is 42.5 Å². The first kappa shape index (κ1) is 17.2. The Kier molecular flexibility index (Phi) is 5.88. The molecule has 0 saturated carbocycles. The third-order valence-corrected chi connectivity index (χ3v) is 4.13. The number of rotatable bonds is 7. The Morgan fingerprint density at radius 3 is 2.22 bits per heavy atom. The van der Waals surface area contributed by atoms with Crippen molar-refractivity contribution in [3.8, 4) is 11.5 Å². The molecule has 0 amide bonds. The highest BCUT2D eigenvalue weighted by Gasteiger charge is 2.14. The summed E-state index contributed by atoms with van der Waals surface area (Å²) in [6, 6.07) is 14.5. The number of hydrogen-bond acceptors (Lipinski definition) is 4. The summed E-state index contributed by atoms with van der Waals surface area (Å²) < 4.78 is 10.7. The van der Waals surface area contributed by atoms with Gasteiger partial charge < -0.3 is 20.1 Å². The lowest BCUT2D eigenvalue weighted by molar-refractivity contribution is 0.390. The minimum absolute atomic E-state index is 0.258. The average molecular weight is 314 g/mol. The maximum atomic E-state index is 6.02. The van der Waals surface area contributed by atoms with Crippen LogP contribution < -0.4 is 20.1 Å². The van der Waals surface area contributed by atoms with E-state index in [0.29, 0.717) is 6.54 Å². The summed E-state index contributed by atoms with van der Waals surface area (Å²) in [7, 11) is 7.42. The first-order valence-electron chi connectivity index (χ1n) is 7.77. The van der Waals surface area contributed by atoms with Crippen LogP contribution in [-0.2, 0) is 6.42 Å². The van der Waals surface area contributed by atoms with Gasteiger partial charge in [0.2, 0.25) is 0 Å². The summed E-state index contributed by atoms with van der Waals surface area (Å²) in [4.78, 5) is 2.09. The Morgan fingerprint density at radius 1 is 1.00 bits per heavy atom. The topological polar surface area (TPSA) is 47.7 Å². The minimum Gasteiger partial charge on any atom is -0.497 e. The van der Waals surface area contributed by atoms with Crippen LogP contribution in [0.1, 0.15) is 17.0 Å². The van der Waals surface area contributed by atoms with Gasteiger partial charge in [-0.1, -0.05) is 18.2 Å². The lowest BCUT2D eigenvalue weighted by Gasteiger charge is -2.19. The molecule has 4 heteroatoms. The standard InChI is InChI=1S/C19H26N2O2/c1-21(2)17-8-5-14(6-9-17)16(13-20)11-15-7-10-18(22-3)12-19(15)23-4/h5-10,12,16H,11,13,20H2,1-4H3. The van der Waals surface area contributed by atoms with E-state index in [1.807, 2.05) is 26.2 Å². The summed E-state index contributed by atoms with van der Waals surface area (Å²) in [5.41, 5.74) is 9.59. The van der Waals surface area contributed by atoms with Gasteiger partial charge in [-0.05, 0) is 42.3 Å². The van der Waals surface area contributed by atoms with E-state index < -0.39 is 0 Å². The SMILES string of the molecule is COc1ccc(CC(CN)c2ccc(N(C)C)cc2)c(OC)c1. The predicted octanol–water partition coefficient (Wildman–Crippen LogP) is 3.05. The van der Waals surface area contributed by atoms with Crippen LogP contribution in [0.5, 0.6) is 11.5 Å². The highest BCUT2D eigenvalue weighted by molar-refractivity contribution is 5.47. The molecule has 0 fully saturated rings. The smallest absolute Gasteiger partial charge is 0.125 e. The number of methoxy groups -OCH3 is 2. The van der Waals surface area contributed by atoms with Crippen molar-refractivity contribution in [2.45, 2.75) is 12.3 Å². The zero-order valence-corrected chi connectivity index (χ0v) is 14.4. The molecule has 23 heavy (non-hydrogen) atoms. The molecule has 0 bridgehead atoms. The monoisotopic (exact) mass is 314 g/mol. The average Bonchev–Trinajstić information content (AvgIpc) is 2.59. The van der Waals surface area contributed by atoms with Crippen LogP contribution in [0.2, 0.25) is 0 Å². The molecular weight excluding hydrogens is 288 g/mol. The molecule has 0 aliphatic heterocycles. The molecule has 4 nitrogen and oxygen atoms in total. The Hall–Kier alpha value is -2.20. The molecule has 2 rings (SSSR count). The fraction of sp³-hybridized carbons (Fsp3) is 0.368. The van der Waals surface area contributed by atoms with Gasteiger partial charge in [-0.2, -0.15) is 0 Å². The molecule has 1 unspecified atom stereocenters. The summed E-state index contributed by atoms with van der Waals surface area (Å²) in [6.45, 7) is 0.594. The Morgan fingerprint density at radius 2 is 1.70 bits per heavy atom. The maximum Gasteiger partial charge on any atom is 0.125 e. The van der Waals surface area contributed by atoms with Gasteiger partial charge in [0.25, 0.3) is 0 Å². The van der Waals surface area contributed by atoms with E-state index in [9.17, 15) is 0 Å². The van der Waals surface area contributed by atoms with E-state index in [1.54, 1.807) is 14.2 Å². The van der Waals surface area contributed by atoms with Crippen LogP contribution in [0.3, 0.4) is 0 Å². The van der Waals surface area contributed by atoms with Gasteiger partial charge in [-0.15, -0.1) is 0 Å². The summed E-state index contributed by atoms with van der Waals surface area (Å²) in [5, 5.41) is 0. The predicted molar refractivity (Wildman–Crippen MR) is 95.8 cm³/mol. The van der Waals surface area contributed by atoms with Gasteiger partial charge in [0, 0.05) is 31.8 Å². The lowest BCUT2D eigenvalue weighted by Crippen LogP contribution is -2.16. The lowest BCUT2D eigenvalue weighted by atomic mass is 9.91. The number of nitrogens with zero attached hydrogens (tertiary/aromatic N) is 1. The van der Waals surface area contributed by atoms with Crippen molar-refractivity contribution in [3.63, 3.8) is 0 Å². The van der Waals surface area contributed by atoms with Crippen molar-refractivity contribution in [1.29, 1.82) is 0 Å². The Balaban J connectivity index is 2.22. The van der Waals surface area contributed by atoms with E-state index in [2.05, 4.69) is 35.2 Å². The van der Waals surface area contributed by atoms with Gasteiger partial charge >= 0.3 is 0 Å². The number of hydrogen-bond donors (Lipinski definition) is 1. The fourth-order valence-electron chi connectivity index (χ4n) is 2.67. The second kappa shape index (κ2) is 7.88.